The smallest absolute Gasteiger partial charge is 0.0647 e. The topological polar surface area (TPSA) is 99.4 Å². The zero-order valence-electron chi connectivity index (χ0n) is 16.8. The summed E-state index contributed by atoms with van der Waals surface area (Å²) in [5.41, 5.74) is 0. The van der Waals surface area contributed by atoms with Gasteiger partial charge in [-0.3, -0.25) is 0 Å². The maximum absolute atomic E-state index is 10.4. The highest BCUT2D eigenvalue weighted by Gasteiger charge is 2.32. The van der Waals surface area contributed by atoms with E-state index in [1.54, 1.807) is 14.2 Å². The van der Waals surface area contributed by atoms with Crippen molar-refractivity contribution in [2.75, 3.05) is 27.4 Å². The van der Waals surface area contributed by atoms with Crippen LogP contribution in [-0.2, 0) is 9.47 Å². The summed E-state index contributed by atoms with van der Waals surface area (Å²) in [4.78, 5) is 0. The molecular weight excluding hydrogens is 324 g/mol. The van der Waals surface area contributed by atoms with Crippen LogP contribution in [0, 0.1) is 23.7 Å². The fourth-order valence-corrected chi connectivity index (χ4v) is 3.62. The van der Waals surface area contributed by atoms with Crippen molar-refractivity contribution in [3.8, 4) is 0 Å². The summed E-state index contributed by atoms with van der Waals surface area (Å²) in [6.45, 7) is 7.72. The third-order valence-corrected chi connectivity index (χ3v) is 5.59. The number of aliphatic hydroxyl groups excluding tert-OH is 4. The SMILES string of the molecule is CO[C@H]([C@H](C)[C@@H](O)[C@@H](C)CO)[C@@H](C)CC[C@H](O)[C@H](C)[C@@H](CCO)OC. The maximum Gasteiger partial charge on any atom is 0.0647 e. The first-order valence-corrected chi connectivity index (χ1v) is 9.38. The minimum atomic E-state index is -0.635. The van der Waals surface area contributed by atoms with Crippen molar-refractivity contribution in [2.24, 2.45) is 23.7 Å². The van der Waals surface area contributed by atoms with E-state index in [1.165, 1.54) is 0 Å². The lowest BCUT2D eigenvalue weighted by molar-refractivity contribution is -0.0634. The van der Waals surface area contributed by atoms with Gasteiger partial charge in [0.25, 0.3) is 0 Å². The van der Waals surface area contributed by atoms with Gasteiger partial charge in [-0.05, 0) is 25.2 Å². The maximum atomic E-state index is 10.4. The summed E-state index contributed by atoms with van der Waals surface area (Å²) in [5, 5.41) is 39.1. The zero-order chi connectivity index (χ0) is 19.6. The number of rotatable bonds is 14. The van der Waals surface area contributed by atoms with Crippen LogP contribution in [0.15, 0.2) is 0 Å². The van der Waals surface area contributed by atoms with Crippen molar-refractivity contribution in [2.45, 2.75) is 71.4 Å². The molecule has 152 valence electrons. The summed E-state index contributed by atoms with van der Waals surface area (Å²) in [5.74, 6) is -0.228. The Kier molecular flexibility index (Phi) is 12.9. The van der Waals surface area contributed by atoms with Crippen LogP contribution in [0.25, 0.3) is 0 Å². The molecule has 4 N–H and O–H groups in total. The average molecular weight is 365 g/mol. The second-order valence-corrected chi connectivity index (χ2v) is 7.48. The average Bonchev–Trinajstić information content (AvgIpc) is 2.62. The summed E-state index contributed by atoms with van der Waals surface area (Å²) in [6, 6.07) is 0. The van der Waals surface area contributed by atoms with Gasteiger partial charge in [0.2, 0.25) is 0 Å². The first-order chi connectivity index (χ1) is 11.7. The quantitative estimate of drug-likeness (QED) is 0.372. The molecular formula is C19H40O6. The van der Waals surface area contributed by atoms with E-state index >= 15 is 0 Å². The molecule has 0 amide bonds. The number of aliphatic hydroxyl groups is 4. The van der Waals surface area contributed by atoms with Gasteiger partial charge in [-0.25, -0.2) is 0 Å². The molecule has 0 aromatic heterocycles. The standard InChI is InChI=1S/C19H40O6/c1-12(19(25-6)15(4)18(23)13(2)11-21)7-8-16(22)14(3)17(24-5)9-10-20/h12-23H,7-11H2,1-6H3/t12-,13-,14-,15+,16-,17+,18-,19-/m0/s1. The zero-order valence-corrected chi connectivity index (χ0v) is 16.8. The predicted octanol–water partition coefficient (Wildman–Crippen LogP) is 1.44. The molecule has 0 saturated heterocycles. The second kappa shape index (κ2) is 13.0. The number of methoxy groups -OCH3 is 2. The van der Waals surface area contributed by atoms with Gasteiger partial charge >= 0.3 is 0 Å². The van der Waals surface area contributed by atoms with E-state index in [9.17, 15) is 15.3 Å². The second-order valence-electron chi connectivity index (χ2n) is 7.48. The van der Waals surface area contributed by atoms with Crippen LogP contribution in [0.3, 0.4) is 0 Å². The van der Waals surface area contributed by atoms with E-state index in [2.05, 4.69) is 6.92 Å². The molecule has 0 spiro atoms. The first-order valence-electron chi connectivity index (χ1n) is 9.38. The normalized spacial score (nSPS) is 21.8. The summed E-state index contributed by atoms with van der Waals surface area (Å²) < 4.78 is 11.0. The van der Waals surface area contributed by atoms with Crippen LogP contribution in [-0.4, -0.2) is 72.3 Å². The fourth-order valence-electron chi connectivity index (χ4n) is 3.62. The molecule has 0 aromatic rings. The van der Waals surface area contributed by atoms with Gasteiger partial charge in [0.15, 0.2) is 0 Å². The number of hydrogen-bond acceptors (Lipinski definition) is 6. The molecule has 0 heterocycles. The minimum absolute atomic E-state index is 0.0379. The van der Waals surface area contributed by atoms with E-state index in [-0.39, 0.29) is 49.1 Å². The third kappa shape index (κ3) is 7.89. The molecule has 0 aliphatic rings. The highest BCUT2D eigenvalue weighted by molar-refractivity contribution is 4.82. The molecule has 0 unspecified atom stereocenters. The van der Waals surface area contributed by atoms with Crippen LogP contribution in [0.5, 0.6) is 0 Å². The Morgan fingerprint density at radius 2 is 1.36 bits per heavy atom. The van der Waals surface area contributed by atoms with E-state index < -0.39 is 12.2 Å². The molecule has 0 rings (SSSR count). The molecule has 0 saturated carbocycles. The lowest BCUT2D eigenvalue weighted by Crippen LogP contribution is -2.40. The molecule has 6 heteroatoms. The Balaban J connectivity index is 4.65. The molecule has 0 fully saturated rings. The molecule has 25 heavy (non-hydrogen) atoms. The Bertz CT molecular complexity index is 327. The summed E-state index contributed by atoms with van der Waals surface area (Å²) in [7, 11) is 3.23. The molecule has 0 aromatic carbocycles. The van der Waals surface area contributed by atoms with E-state index in [1.807, 2.05) is 20.8 Å². The van der Waals surface area contributed by atoms with Gasteiger partial charge in [-0.15, -0.1) is 0 Å². The largest absolute Gasteiger partial charge is 0.396 e. The first kappa shape index (κ1) is 24.8. The Labute approximate surface area is 153 Å². The highest BCUT2D eigenvalue weighted by Crippen LogP contribution is 2.28. The van der Waals surface area contributed by atoms with Crippen LogP contribution in [0.1, 0.15) is 47.0 Å². The molecule has 6 nitrogen and oxygen atoms in total. The van der Waals surface area contributed by atoms with Crippen LogP contribution >= 0.6 is 0 Å². The van der Waals surface area contributed by atoms with Crippen LogP contribution in [0.2, 0.25) is 0 Å². The van der Waals surface area contributed by atoms with Crippen molar-refractivity contribution in [1.29, 1.82) is 0 Å². The van der Waals surface area contributed by atoms with Gasteiger partial charge in [0, 0.05) is 45.2 Å². The summed E-state index contributed by atoms with van der Waals surface area (Å²) in [6.07, 6.45) is 0.391. The van der Waals surface area contributed by atoms with E-state index in [4.69, 9.17) is 14.6 Å². The van der Waals surface area contributed by atoms with Gasteiger partial charge in [-0.2, -0.15) is 0 Å². The van der Waals surface area contributed by atoms with Crippen molar-refractivity contribution < 1.29 is 29.9 Å². The Hall–Kier alpha value is -0.240. The van der Waals surface area contributed by atoms with E-state index in [0.717, 1.165) is 6.42 Å². The molecule has 8 atom stereocenters. The molecule has 0 aliphatic heterocycles. The Morgan fingerprint density at radius 1 is 0.760 bits per heavy atom. The molecule has 0 radical (unpaired) electrons. The van der Waals surface area contributed by atoms with Crippen molar-refractivity contribution in [3.63, 3.8) is 0 Å². The van der Waals surface area contributed by atoms with Crippen LogP contribution < -0.4 is 0 Å². The number of ether oxygens (including phenoxy) is 2. The highest BCUT2D eigenvalue weighted by atomic mass is 16.5. The van der Waals surface area contributed by atoms with Crippen molar-refractivity contribution in [1.82, 2.24) is 0 Å². The van der Waals surface area contributed by atoms with Gasteiger partial charge in [0.1, 0.15) is 0 Å². The Morgan fingerprint density at radius 3 is 1.80 bits per heavy atom. The fraction of sp³-hybridized carbons (Fsp3) is 1.00. The summed E-state index contributed by atoms with van der Waals surface area (Å²) >= 11 is 0. The molecule has 0 aliphatic carbocycles. The van der Waals surface area contributed by atoms with Crippen molar-refractivity contribution in [3.05, 3.63) is 0 Å². The lowest BCUT2D eigenvalue weighted by Gasteiger charge is -2.34. The van der Waals surface area contributed by atoms with Gasteiger partial charge < -0.3 is 29.9 Å². The van der Waals surface area contributed by atoms with Crippen LogP contribution in [0.4, 0.5) is 0 Å². The van der Waals surface area contributed by atoms with E-state index in [0.29, 0.717) is 12.8 Å². The van der Waals surface area contributed by atoms with Crippen molar-refractivity contribution >= 4 is 0 Å². The third-order valence-electron chi connectivity index (χ3n) is 5.59. The van der Waals surface area contributed by atoms with Gasteiger partial charge in [0.05, 0.1) is 24.4 Å². The predicted molar refractivity (Wildman–Crippen MR) is 98.3 cm³/mol. The number of hydrogen-bond donors (Lipinski definition) is 4. The lowest BCUT2D eigenvalue weighted by atomic mass is 9.81. The molecule has 0 bridgehead atoms. The monoisotopic (exact) mass is 364 g/mol. The van der Waals surface area contributed by atoms with Gasteiger partial charge in [-0.1, -0.05) is 27.7 Å². The minimum Gasteiger partial charge on any atom is -0.396 e.